The Morgan fingerprint density at radius 1 is 0.964 bits per heavy atom. The molecule has 1 aliphatic heterocycles. The highest BCUT2D eigenvalue weighted by Crippen LogP contribution is 2.31. The van der Waals surface area contributed by atoms with Gasteiger partial charge in [-0.3, -0.25) is 4.79 Å². The van der Waals surface area contributed by atoms with E-state index in [2.05, 4.69) is 0 Å². The first kappa shape index (κ1) is 19.7. The van der Waals surface area contributed by atoms with Crippen molar-refractivity contribution in [2.24, 2.45) is 0 Å². The third-order valence-corrected chi connectivity index (χ3v) is 3.89. The molecule has 0 spiro atoms. The standard InChI is InChI=1S/C21H22O7/c1-23-13-27-16-5-6-17(20(12-16)28-14-24-2)18(22)7-3-15-4-8-19-21(11-15)26-10-9-25-19/h3-8,11-12H,9-10,13-14H2,1-2H3/b7-3+. The summed E-state index contributed by atoms with van der Waals surface area (Å²) in [5, 5.41) is 0. The summed E-state index contributed by atoms with van der Waals surface area (Å²) in [6.07, 6.45) is 3.20. The van der Waals surface area contributed by atoms with Crippen LogP contribution in [-0.2, 0) is 9.47 Å². The normalized spacial score (nSPS) is 12.8. The number of fused-ring (bicyclic) bond motifs is 1. The molecule has 0 saturated heterocycles. The lowest BCUT2D eigenvalue weighted by Gasteiger charge is -2.18. The zero-order valence-electron chi connectivity index (χ0n) is 15.8. The molecule has 3 rings (SSSR count). The molecule has 7 nitrogen and oxygen atoms in total. The van der Waals surface area contributed by atoms with Gasteiger partial charge in [0, 0.05) is 20.3 Å². The first-order chi connectivity index (χ1) is 13.7. The van der Waals surface area contributed by atoms with Gasteiger partial charge in [0.15, 0.2) is 30.9 Å². The summed E-state index contributed by atoms with van der Waals surface area (Å²) in [5.74, 6) is 2.06. The fourth-order valence-corrected chi connectivity index (χ4v) is 2.59. The van der Waals surface area contributed by atoms with Crippen LogP contribution >= 0.6 is 0 Å². The summed E-state index contributed by atoms with van der Waals surface area (Å²) >= 11 is 0. The second-order valence-corrected chi connectivity index (χ2v) is 5.86. The molecule has 0 amide bonds. The summed E-state index contributed by atoms with van der Waals surface area (Å²) in [6.45, 7) is 1.16. The lowest BCUT2D eigenvalue weighted by Crippen LogP contribution is -2.15. The highest BCUT2D eigenvalue weighted by Gasteiger charge is 2.13. The van der Waals surface area contributed by atoms with Gasteiger partial charge in [0.2, 0.25) is 0 Å². The summed E-state index contributed by atoms with van der Waals surface area (Å²) < 4.78 is 31.8. The smallest absolute Gasteiger partial charge is 0.189 e. The molecule has 7 heteroatoms. The number of benzene rings is 2. The number of rotatable bonds is 9. The van der Waals surface area contributed by atoms with Crippen LogP contribution in [0.3, 0.4) is 0 Å². The van der Waals surface area contributed by atoms with Crippen molar-refractivity contribution in [3.8, 4) is 23.0 Å². The van der Waals surface area contributed by atoms with Gasteiger partial charge in [-0.1, -0.05) is 12.1 Å². The first-order valence-electron chi connectivity index (χ1n) is 8.71. The largest absolute Gasteiger partial charge is 0.486 e. The zero-order valence-corrected chi connectivity index (χ0v) is 15.8. The third kappa shape index (κ3) is 5.03. The van der Waals surface area contributed by atoms with Crippen LogP contribution < -0.4 is 18.9 Å². The molecule has 148 valence electrons. The number of hydrogen-bond acceptors (Lipinski definition) is 7. The number of carbonyl (C=O) groups is 1. The number of carbonyl (C=O) groups excluding carboxylic acids is 1. The number of ketones is 1. The second kappa shape index (κ2) is 9.77. The molecular formula is C21H22O7. The maximum atomic E-state index is 12.7. The Kier molecular flexibility index (Phi) is 6.89. The molecule has 1 aliphatic rings. The maximum Gasteiger partial charge on any atom is 0.189 e. The molecule has 0 aliphatic carbocycles. The monoisotopic (exact) mass is 386 g/mol. The van der Waals surface area contributed by atoms with Gasteiger partial charge in [-0.15, -0.1) is 0 Å². The predicted octanol–water partition coefficient (Wildman–Crippen LogP) is 3.32. The van der Waals surface area contributed by atoms with Gasteiger partial charge < -0.3 is 28.4 Å². The van der Waals surface area contributed by atoms with Crippen LogP contribution in [0, 0.1) is 0 Å². The van der Waals surface area contributed by atoms with Gasteiger partial charge in [-0.2, -0.15) is 0 Å². The van der Waals surface area contributed by atoms with Crippen LogP contribution in [-0.4, -0.2) is 46.8 Å². The van der Waals surface area contributed by atoms with Crippen molar-refractivity contribution in [2.45, 2.75) is 0 Å². The fraction of sp³-hybridized carbons (Fsp3) is 0.286. The maximum absolute atomic E-state index is 12.7. The van der Waals surface area contributed by atoms with Gasteiger partial charge in [-0.05, 0) is 35.9 Å². The predicted molar refractivity (Wildman–Crippen MR) is 102 cm³/mol. The summed E-state index contributed by atoms with van der Waals surface area (Å²) in [6, 6.07) is 10.5. The van der Waals surface area contributed by atoms with Crippen LogP contribution in [0.15, 0.2) is 42.5 Å². The number of allylic oxidation sites excluding steroid dienone is 1. The van der Waals surface area contributed by atoms with Crippen LogP contribution in [0.2, 0.25) is 0 Å². The lowest BCUT2D eigenvalue weighted by molar-refractivity contribution is 0.0456. The van der Waals surface area contributed by atoms with E-state index in [1.54, 1.807) is 24.3 Å². The average Bonchev–Trinajstić information content (AvgIpc) is 2.74. The van der Waals surface area contributed by atoms with Gasteiger partial charge in [-0.25, -0.2) is 0 Å². The Bertz CT molecular complexity index is 845. The van der Waals surface area contributed by atoms with Crippen molar-refractivity contribution < 1.29 is 33.2 Å². The molecular weight excluding hydrogens is 364 g/mol. The van der Waals surface area contributed by atoms with E-state index in [0.29, 0.717) is 41.8 Å². The molecule has 0 fully saturated rings. The molecule has 0 saturated carbocycles. The summed E-state index contributed by atoms with van der Waals surface area (Å²) in [5.41, 5.74) is 1.23. The third-order valence-electron chi connectivity index (χ3n) is 3.89. The van der Waals surface area contributed by atoms with Crippen molar-refractivity contribution in [3.05, 3.63) is 53.6 Å². The lowest BCUT2D eigenvalue weighted by atomic mass is 10.1. The van der Waals surface area contributed by atoms with E-state index in [-0.39, 0.29) is 19.4 Å². The van der Waals surface area contributed by atoms with Gasteiger partial charge in [0.25, 0.3) is 0 Å². The number of methoxy groups -OCH3 is 2. The van der Waals surface area contributed by atoms with Crippen LogP contribution in [0.25, 0.3) is 6.08 Å². The van der Waals surface area contributed by atoms with E-state index in [1.165, 1.54) is 20.3 Å². The van der Waals surface area contributed by atoms with E-state index < -0.39 is 0 Å². The molecule has 28 heavy (non-hydrogen) atoms. The number of ether oxygens (including phenoxy) is 6. The minimum atomic E-state index is -0.209. The van der Waals surface area contributed by atoms with Gasteiger partial charge in [0.05, 0.1) is 5.56 Å². The summed E-state index contributed by atoms with van der Waals surface area (Å²) in [7, 11) is 3.04. The Hall–Kier alpha value is -3.03. The molecule has 0 radical (unpaired) electrons. The highest BCUT2D eigenvalue weighted by molar-refractivity contribution is 6.08. The first-order valence-corrected chi connectivity index (χ1v) is 8.71. The highest BCUT2D eigenvalue weighted by atomic mass is 16.7. The SMILES string of the molecule is COCOc1ccc(C(=O)/C=C/c2ccc3c(c2)OCCO3)c(OCOC)c1. The van der Waals surface area contributed by atoms with Crippen LogP contribution in [0.5, 0.6) is 23.0 Å². The van der Waals surface area contributed by atoms with Crippen LogP contribution in [0.4, 0.5) is 0 Å². The van der Waals surface area contributed by atoms with E-state index in [0.717, 1.165) is 5.56 Å². The average molecular weight is 386 g/mol. The van der Waals surface area contributed by atoms with E-state index in [9.17, 15) is 4.79 Å². The van der Waals surface area contributed by atoms with Crippen molar-refractivity contribution in [2.75, 3.05) is 41.0 Å². The molecule has 0 aromatic heterocycles. The zero-order chi connectivity index (χ0) is 19.8. The molecule has 1 heterocycles. The Labute approximate surface area is 163 Å². The van der Waals surface area contributed by atoms with E-state index in [4.69, 9.17) is 28.4 Å². The topological polar surface area (TPSA) is 72.5 Å². The van der Waals surface area contributed by atoms with Gasteiger partial charge in [0.1, 0.15) is 24.7 Å². The fourth-order valence-electron chi connectivity index (χ4n) is 2.59. The minimum Gasteiger partial charge on any atom is -0.486 e. The van der Waals surface area contributed by atoms with Crippen LogP contribution in [0.1, 0.15) is 15.9 Å². The molecule has 2 aromatic rings. The quantitative estimate of drug-likeness (QED) is 0.372. The summed E-state index contributed by atoms with van der Waals surface area (Å²) in [4.78, 5) is 12.7. The minimum absolute atomic E-state index is 0.0138. The van der Waals surface area contributed by atoms with Crippen molar-refractivity contribution in [1.29, 1.82) is 0 Å². The van der Waals surface area contributed by atoms with Crippen molar-refractivity contribution >= 4 is 11.9 Å². The molecule has 0 N–H and O–H groups in total. The van der Waals surface area contributed by atoms with E-state index >= 15 is 0 Å². The molecule has 0 atom stereocenters. The van der Waals surface area contributed by atoms with Crippen molar-refractivity contribution in [3.63, 3.8) is 0 Å². The molecule has 2 aromatic carbocycles. The molecule has 0 unspecified atom stereocenters. The Balaban J connectivity index is 1.77. The Morgan fingerprint density at radius 3 is 2.50 bits per heavy atom. The number of hydrogen-bond donors (Lipinski definition) is 0. The second-order valence-electron chi connectivity index (χ2n) is 5.86. The molecule has 0 bridgehead atoms. The van der Waals surface area contributed by atoms with E-state index in [1.807, 2.05) is 18.2 Å². The van der Waals surface area contributed by atoms with Gasteiger partial charge >= 0.3 is 0 Å². The van der Waals surface area contributed by atoms with Crippen molar-refractivity contribution in [1.82, 2.24) is 0 Å². The Morgan fingerprint density at radius 2 is 1.71 bits per heavy atom.